The number of benzene rings is 1. The first kappa shape index (κ1) is 14.8. The minimum absolute atomic E-state index is 0.150. The van der Waals surface area contributed by atoms with Gasteiger partial charge in [-0.2, -0.15) is 8.78 Å². The summed E-state index contributed by atoms with van der Waals surface area (Å²) in [6, 6.07) is 3.40. The zero-order valence-corrected chi connectivity index (χ0v) is 11.3. The number of carbonyl (C=O) groups excluding carboxylic acids is 1. The highest BCUT2D eigenvalue weighted by atomic mass is 19.3. The molecule has 1 fully saturated rings. The Morgan fingerprint density at radius 3 is 2.45 bits per heavy atom. The number of esters is 1. The fourth-order valence-electron chi connectivity index (χ4n) is 2.28. The maximum atomic E-state index is 13.4. The molecule has 1 N–H and O–H groups in total. The van der Waals surface area contributed by atoms with E-state index in [0.717, 1.165) is 5.56 Å². The van der Waals surface area contributed by atoms with Crippen molar-refractivity contribution in [2.24, 2.45) is 0 Å². The third-order valence-corrected chi connectivity index (χ3v) is 3.25. The second kappa shape index (κ2) is 5.44. The molecule has 0 radical (unpaired) electrons. The summed E-state index contributed by atoms with van der Waals surface area (Å²) in [6.07, 6.45) is -1.42. The van der Waals surface area contributed by atoms with Crippen LogP contribution in [0.1, 0.15) is 23.1 Å². The number of hydrogen-bond donors (Lipinski definition) is 1. The number of carbonyl (C=O) groups is 1. The normalized spacial score (nSPS) is 21.1. The van der Waals surface area contributed by atoms with Crippen LogP contribution in [0.5, 0.6) is 0 Å². The fourth-order valence-corrected chi connectivity index (χ4v) is 2.28. The molecule has 0 spiro atoms. The van der Waals surface area contributed by atoms with Crippen LogP contribution in [0.4, 0.5) is 13.2 Å². The van der Waals surface area contributed by atoms with Crippen molar-refractivity contribution in [2.45, 2.75) is 38.8 Å². The molecule has 1 heterocycles. The molecule has 0 saturated carbocycles. The number of ether oxygens (including phenoxy) is 1. The standard InChI is InChI=1S/C14H16F3NO2/c1-8-3-10(4-9(2)12(8)15)6-18-7-11-5-14(16,17)13(19)20-11/h3-4,11,18H,5-7H2,1-2H3. The van der Waals surface area contributed by atoms with Crippen LogP contribution in [0, 0.1) is 19.7 Å². The summed E-state index contributed by atoms with van der Waals surface area (Å²) in [4.78, 5) is 10.8. The molecule has 0 bridgehead atoms. The van der Waals surface area contributed by atoms with Gasteiger partial charge in [0.1, 0.15) is 11.9 Å². The maximum absolute atomic E-state index is 13.4. The Bertz CT molecular complexity index is 508. The SMILES string of the molecule is Cc1cc(CNCC2CC(F)(F)C(=O)O2)cc(C)c1F. The van der Waals surface area contributed by atoms with Crippen LogP contribution in [0.25, 0.3) is 0 Å². The topological polar surface area (TPSA) is 38.3 Å². The van der Waals surface area contributed by atoms with E-state index in [1.165, 1.54) is 0 Å². The van der Waals surface area contributed by atoms with Gasteiger partial charge >= 0.3 is 11.9 Å². The van der Waals surface area contributed by atoms with Crippen LogP contribution >= 0.6 is 0 Å². The first-order chi connectivity index (χ1) is 9.29. The smallest absolute Gasteiger partial charge is 0.377 e. The Kier molecular flexibility index (Phi) is 4.04. The first-order valence-electron chi connectivity index (χ1n) is 6.35. The Hall–Kier alpha value is -1.56. The molecule has 1 saturated heterocycles. The maximum Gasteiger partial charge on any atom is 0.377 e. The summed E-state index contributed by atoms with van der Waals surface area (Å²) in [6.45, 7) is 3.90. The van der Waals surface area contributed by atoms with E-state index in [1.807, 2.05) is 0 Å². The molecule has 6 heteroatoms. The van der Waals surface area contributed by atoms with Gasteiger partial charge in [0, 0.05) is 13.1 Å². The lowest BCUT2D eigenvalue weighted by molar-refractivity contribution is -0.159. The molecule has 1 aliphatic rings. The first-order valence-corrected chi connectivity index (χ1v) is 6.35. The van der Waals surface area contributed by atoms with E-state index >= 15 is 0 Å². The van der Waals surface area contributed by atoms with E-state index in [1.54, 1.807) is 26.0 Å². The van der Waals surface area contributed by atoms with Gasteiger partial charge < -0.3 is 10.1 Å². The Morgan fingerprint density at radius 1 is 1.35 bits per heavy atom. The van der Waals surface area contributed by atoms with Crippen molar-refractivity contribution in [2.75, 3.05) is 6.54 Å². The van der Waals surface area contributed by atoms with Crippen molar-refractivity contribution in [1.29, 1.82) is 0 Å². The van der Waals surface area contributed by atoms with Crippen molar-refractivity contribution >= 4 is 5.97 Å². The van der Waals surface area contributed by atoms with Crippen LogP contribution in [0.3, 0.4) is 0 Å². The summed E-state index contributed by atoms with van der Waals surface area (Å²) < 4.78 is 43.9. The Labute approximate surface area is 115 Å². The molecule has 2 rings (SSSR count). The highest BCUT2D eigenvalue weighted by molar-refractivity contribution is 5.79. The van der Waals surface area contributed by atoms with Crippen molar-refractivity contribution < 1.29 is 22.7 Å². The molecule has 1 atom stereocenters. The predicted molar refractivity (Wildman–Crippen MR) is 67.0 cm³/mol. The molecule has 1 aliphatic heterocycles. The Balaban J connectivity index is 1.87. The molecule has 3 nitrogen and oxygen atoms in total. The van der Waals surface area contributed by atoms with Crippen molar-refractivity contribution in [3.05, 3.63) is 34.6 Å². The molecule has 0 aromatic heterocycles. The molecular formula is C14H16F3NO2. The fraction of sp³-hybridized carbons (Fsp3) is 0.500. The largest absolute Gasteiger partial charge is 0.456 e. The minimum atomic E-state index is -3.38. The van der Waals surface area contributed by atoms with Gasteiger partial charge in [0.25, 0.3) is 0 Å². The summed E-state index contributed by atoms with van der Waals surface area (Å²) in [7, 11) is 0. The van der Waals surface area contributed by atoms with E-state index < -0.39 is 24.4 Å². The van der Waals surface area contributed by atoms with E-state index in [2.05, 4.69) is 10.1 Å². The average Bonchev–Trinajstić information content (AvgIpc) is 2.60. The van der Waals surface area contributed by atoms with Gasteiger partial charge in [0.2, 0.25) is 0 Å². The van der Waals surface area contributed by atoms with Gasteiger partial charge in [-0.25, -0.2) is 9.18 Å². The number of nitrogens with one attached hydrogen (secondary N) is 1. The van der Waals surface area contributed by atoms with Crippen LogP contribution in [-0.2, 0) is 16.1 Å². The number of rotatable bonds is 4. The summed E-state index contributed by atoms with van der Waals surface area (Å²) in [5, 5.41) is 2.94. The van der Waals surface area contributed by atoms with Crippen molar-refractivity contribution in [1.82, 2.24) is 5.32 Å². The van der Waals surface area contributed by atoms with E-state index in [0.29, 0.717) is 17.7 Å². The van der Waals surface area contributed by atoms with Crippen LogP contribution < -0.4 is 5.32 Å². The van der Waals surface area contributed by atoms with Gasteiger partial charge in [-0.15, -0.1) is 0 Å². The van der Waals surface area contributed by atoms with Crippen LogP contribution in [0.15, 0.2) is 12.1 Å². The number of aryl methyl sites for hydroxylation is 2. The van der Waals surface area contributed by atoms with Gasteiger partial charge in [-0.05, 0) is 30.5 Å². The van der Waals surface area contributed by atoms with E-state index in [-0.39, 0.29) is 12.4 Å². The lowest BCUT2D eigenvalue weighted by atomic mass is 10.1. The third-order valence-electron chi connectivity index (χ3n) is 3.25. The summed E-state index contributed by atoms with van der Waals surface area (Å²) >= 11 is 0. The molecule has 1 unspecified atom stereocenters. The lowest BCUT2D eigenvalue weighted by Crippen LogP contribution is -2.26. The monoisotopic (exact) mass is 287 g/mol. The van der Waals surface area contributed by atoms with Crippen molar-refractivity contribution in [3.8, 4) is 0 Å². The molecule has 1 aromatic carbocycles. The van der Waals surface area contributed by atoms with Gasteiger partial charge in [-0.3, -0.25) is 0 Å². The Morgan fingerprint density at radius 2 is 1.95 bits per heavy atom. The van der Waals surface area contributed by atoms with E-state index in [4.69, 9.17) is 0 Å². The van der Waals surface area contributed by atoms with Crippen LogP contribution in [0.2, 0.25) is 0 Å². The molecule has 20 heavy (non-hydrogen) atoms. The van der Waals surface area contributed by atoms with Crippen molar-refractivity contribution in [3.63, 3.8) is 0 Å². The second-order valence-corrected chi connectivity index (χ2v) is 5.11. The summed E-state index contributed by atoms with van der Waals surface area (Å²) in [5.41, 5.74) is 1.94. The third kappa shape index (κ3) is 3.12. The molecule has 110 valence electrons. The number of cyclic esters (lactones) is 1. The average molecular weight is 287 g/mol. The number of hydrogen-bond acceptors (Lipinski definition) is 3. The summed E-state index contributed by atoms with van der Waals surface area (Å²) in [5.74, 6) is -5.08. The predicted octanol–water partition coefficient (Wildman–Crippen LogP) is 2.48. The molecule has 0 aliphatic carbocycles. The molecule has 1 aromatic rings. The zero-order valence-electron chi connectivity index (χ0n) is 11.3. The molecule has 0 amide bonds. The van der Waals surface area contributed by atoms with Gasteiger partial charge in [0.15, 0.2) is 0 Å². The lowest BCUT2D eigenvalue weighted by Gasteiger charge is -2.11. The number of halogens is 3. The minimum Gasteiger partial charge on any atom is -0.456 e. The quantitative estimate of drug-likeness (QED) is 0.865. The van der Waals surface area contributed by atoms with Crippen LogP contribution in [-0.4, -0.2) is 24.5 Å². The van der Waals surface area contributed by atoms with Gasteiger partial charge in [0.05, 0.1) is 6.42 Å². The number of alkyl halides is 2. The highest BCUT2D eigenvalue weighted by Crippen LogP contribution is 2.30. The second-order valence-electron chi connectivity index (χ2n) is 5.11. The highest BCUT2D eigenvalue weighted by Gasteiger charge is 2.50. The van der Waals surface area contributed by atoms with Gasteiger partial charge in [-0.1, -0.05) is 12.1 Å². The zero-order chi connectivity index (χ0) is 14.9. The van der Waals surface area contributed by atoms with E-state index in [9.17, 15) is 18.0 Å². The molecular weight excluding hydrogens is 271 g/mol.